The van der Waals surface area contributed by atoms with Crippen LogP contribution >= 0.6 is 0 Å². The van der Waals surface area contributed by atoms with Crippen molar-refractivity contribution in [3.63, 3.8) is 0 Å². The van der Waals surface area contributed by atoms with E-state index >= 15 is 0 Å². The van der Waals surface area contributed by atoms with Gasteiger partial charge in [-0.1, -0.05) is 13.8 Å². The summed E-state index contributed by atoms with van der Waals surface area (Å²) in [5.41, 5.74) is 0. The summed E-state index contributed by atoms with van der Waals surface area (Å²) in [5, 5.41) is 2.84. The Balaban J connectivity index is 1.64. The first-order valence-corrected chi connectivity index (χ1v) is 8.11. The van der Waals surface area contributed by atoms with E-state index in [4.69, 9.17) is 4.74 Å². The fraction of sp³-hybridized carbons (Fsp3) is 0.875. The van der Waals surface area contributed by atoms with E-state index < -0.39 is 6.04 Å². The number of fused-ring (bicyclic) bond motifs is 5. The topological polar surface area (TPSA) is 58.6 Å². The van der Waals surface area contributed by atoms with Gasteiger partial charge >= 0.3 is 0 Å². The van der Waals surface area contributed by atoms with Gasteiger partial charge in [-0.2, -0.15) is 0 Å². The van der Waals surface area contributed by atoms with Crippen molar-refractivity contribution in [3.8, 4) is 0 Å². The summed E-state index contributed by atoms with van der Waals surface area (Å²) >= 11 is 0. The predicted molar refractivity (Wildman–Crippen MR) is 78.5 cm³/mol. The summed E-state index contributed by atoms with van der Waals surface area (Å²) in [4.78, 5) is 26.6. The maximum absolute atomic E-state index is 12.8. The van der Waals surface area contributed by atoms with Crippen molar-refractivity contribution in [1.29, 1.82) is 0 Å². The van der Waals surface area contributed by atoms with Crippen LogP contribution < -0.4 is 5.32 Å². The van der Waals surface area contributed by atoms with E-state index in [-0.39, 0.29) is 24.3 Å². The maximum atomic E-state index is 12.8. The van der Waals surface area contributed by atoms with Gasteiger partial charge < -0.3 is 15.0 Å². The molecule has 5 nitrogen and oxygen atoms in total. The third-order valence-corrected chi connectivity index (χ3v) is 5.62. The highest BCUT2D eigenvalue weighted by molar-refractivity contribution is 5.89. The highest BCUT2D eigenvalue weighted by Crippen LogP contribution is 2.55. The van der Waals surface area contributed by atoms with Gasteiger partial charge in [0.2, 0.25) is 11.8 Å². The van der Waals surface area contributed by atoms with Crippen molar-refractivity contribution in [2.24, 2.45) is 23.7 Å². The minimum Gasteiger partial charge on any atom is -0.375 e. The van der Waals surface area contributed by atoms with Crippen molar-refractivity contribution in [2.75, 3.05) is 20.3 Å². The third-order valence-electron chi connectivity index (χ3n) is 5.62. The molecular weight excluding hydrogens is 268 g/mol. The molecule has 1 aliphatic heterocycles. The molecule has 0 aromatic heterocycles. The van der Waals surface area contributed by atoms with Gasteiger partial charge in [0.1, 0.15) is 12.6 Å². The Morgan fingerprint density at radius 1 is 1.29 bits per heavy atom. The molecule has 0 aromatic carbocycles. The first kappa shape index (κ1) is 14.8. The number of carbonyl (C=O) groups excluding carboxylic acids is 2. The minimum absolute atomic E-state index is 0.00720. The van der Waals surface area contributed by atoms with Gasteiger partial charge in [0, 0.05) is 25.6 Å². The number of carbonyl (C=O) groups is 2. The summed E-state index contributed by atoms with van der Waals surface area (Å²) < 4.78 is 4.84. The van der Waals surface area contributed by atoms with E-state index in [1.807, 2.05) is 18.7 Å². The number of nitrogens with one attached hydrogen (secondary N) is 1. The fourth-order valence-electron chi connectivity index (χ4n) is 4.61. The zero-order valence-corrected chi connectivity index (χ0v) is 13.2. The lowest BCUT2D eigenvalue weighted by molar-refractivity contribution is -0.152. The molecule has 21 heavy (non-hydrogen) atoms. The Bertz CT molecular complexity index is 435. The molecule has 2 aliphatic carbocycles. The molecule has 1 saturated heterocycles. The molecule has 3 aliphatic rings. The number of rotatable bonds is 5. The summed E-state index contributed by atoms with van der Waals surface area (Å²) in [6.45, 7) is 4.86. The lowest BCUT2D eigenvalue weighted by atomic mass is 9.76. The normalized spacial score (nSPS) is 34.6. The Labute approximate surface area is 126 Å². The van der Waals surface area contributed by atoms with Crippen molar-refractivity contribution in [2.45, 2.75) is 45.2 Å². The summed E-state index contributed by atoms with van der Waals surface area (Å²) in [5.74, 6) is 2.27. The van der Waals surface area contributed by atoms with Gasteiger partial charge in [-0.25, -0.2) is 0 Å². The van der Waals surface area contributed by atoms with E-state index in [1.54, 1.807) is 0 Å². The molecule has 5 atom stereocenters. The van der Waals surface area contributed by atoms with Gasteiger partial charge in [0.15, 0.2) is 0 Å². The molecule has 4 unspecified atom stereocenters. The van der Waals surface area contributed by atoms with Crippen LogP contribution in [0.2, 0.25) is 0 Å². The van der Waals surface area contributed by atoms with Crippen LogP contribution in [-0.2, 0) is 14.3 Å². The van der Waals surface area contributed by atoms with Crippen molar-refractivity contribution in [3.05, 3.63) is 0 Å². The molecular formula is C16H26N2O3. The summed E-state index contributed by atoms with van der Waals surface area (Å²) in [7, 11) is 1.49. The lowest BCUT2D eigenvalue weighted by Crippen LogP contribution is -2.65. The van der Waals surface area contributed by atoms with Gasteiger partial charge in [0.25, 0.3) is 0 Å². The van der Waals surface area contributed by atoms with Crippen LogP contribution in [0.25, 0.3) is 0 Å². The fourth-order valence-corrected chi connectivity index (χ4v) is 4.61. The zero-order chi connectivity index (χ0) is 15.1. The maximum Gasteiger partial charge on any atom is 0.246 e. The van der Waals surface area contributed by atoms with Crippen molar-refractivity contribution in [1.82, 2.24) is 10.2 Å². The van der Waals surface area contributed by atoms with E-state index in [0.29, 0.717) is 12.0 Å². The van der Waals surface area contributed by atoms with Crippen LogP contribution in [-0.4, -0.2) is 49.1 Å². The van der Waals surface area contributed by atoms with Crippen LogP contribution in [0.1, 0.15) is 33.1 Å². The Morgan fingerprint density at radius 2 is 2.00 bits per heavy atom. The quantitative estimate of drug-likeness (QED) is 0.824. The molecule has 2 amide bonds. The van der Waals surface area contributed by atoms with Crippen molar-refractivity contribution >= 4 is 11.8 Å². The Kier molecular flexibility index (Phi) is 3.95. The van der Waals surface area contributed by atoms with Crippen molar-refractivity contribution < 1.29 is 14.3 Å². The molecule has 1 N–H and O–H groups in total. The van der Waals surface area contributed by atoms with Crippen LogP contribution in [0.4, 0.5) is 0 Å². The number of likely N-dealkylation sites (tertiary alicyclic amines) is 1. The predicted octanol–water partition coefficient (Wildman–Crippen LogP) is 1.03. The van der Waals surface area contributed by atoms with Crippen LogP contribution in [0, 0.1) is 23.7 Å². The molecule has 5 heteroatoms. The smallest absolute Gasteiger partial charge is 0.246 e. The summed E-state index contributed by atoms with van der Waals surface area (Å²) in [6, 6.07) is 0.0320. The second kappa shape index (κ2) is 5.59. The number of nitrogens with zero attached hydrogens (tertiary/aromatic N) is 1. The van der Waals surface area contributed by atoms with Gasteiger partial charge in [-0.15, -0.1) is 0 Å². The SMILES string of the molecule is COCC(=O)N[C@H](C(=O)N1CC2C3CCC(C3)C21)C(C)C. The second-order valence-electron chi connectivity index (χ2n) is 7.20. The molecule has 118 valence electrons. The van der Waals surface area contributed by atoms with E-state index in [1.165, 1.54) is 26.4 Å². The van der Waals surface area contributed by atoms with E-state index in [2.05, 4.69) is 5.32 Å². The third kappa shape index (κ3) is 2.45. The molecule has 0 spiro atoms. The number of hydrogen-bond donors (Lipinski definition) is 1. The van der Waals surface area contributed by atoms with Crippen LogP contribution in [0.3, 0.4) is 0 Å². The molecule has 3 fully saturated rings. The molecule has 2 saturated carbocycles. The molecule has 0 radical (unpaired) electrons. The van der Waals surface area contributed by atoms with Crippen LogP contribution in [0.5, 0.6) is 0 Å². The Hall–Kier alpha value is -1.10. The Morgan fingerprint density at radius 3 is 2.62 bits per heavy atom. The second-order valence-corrected chi connectivity index (χ2v) is 7.20. The zero-order valence-electron chi connectivity index (χ0n) is 13.2. The first-order valence-electron chi connectivity index (χ1n) is 8.11. The number of amides is 2. The first-order chi connectivity index (χ1) is 10.0. The van der Waals surface area contributed by atoms with E-state index in [0.717, 1.165) is 18.4 Å². The lowest BCUT2D eigenvalue weighted by Gasteiger charge is -2.51. The highest BCUT2D eigenvalue weighted by atomic mass is 16.5. The van der Waals surface area contributed by atoms with Gasteiger partial charge in [0.05, 0.1) is 0 Å². The standard InChI is InChI=1S/C16H26N2O3/c1-9(2)14(17-13(19)8-21-3)16(20)18-7-12-10-4-5-11(6-10)15(12)18/h9-12,14-15H,4-8H2,1-3H3,(H,17,19)/t10?,11?,12?,14-,15?/m0/s1. The van der Waals surface area contributed by atoms with Gasteiger partial charge in [-0.05, 0) is 37.0 Å². The molecule has 3 rings (SSSR count). The number of hydrogen-bond acceptors (Lipinski definition) is 3. The molecule has 1 heterocycles. The monoisotopic (exact) mass is 294 g/mol. The van der Waals surface area contributed by atoms with Gasteiger partial charge in [-0.3, -0.25) is 9.59 Å². The average Bonchev–Trinajstić information content (AvgIpc) is 2.92. The number of ether oxygens (including phenoxy) is 1. The summed E-state index contributed by atoms with van der Waals surface area (Å²) in [6.07, 6.45) is 3.94. The van der Waals surface area contributed by atoms with Crippen LogP contribution in [0.15, 0.2) is 0 Å². The average molecular weight is 294 g/mol. The molecule has 2 bridgehead atoms. The number of methoxy groups -OCH3 is 1. The highest BCUT2D eigenvalue weighted by Gasteiger charge is 2.58. The minimum atomic E-state index is -0.423. The largest absolute Gasteiger partial charge is 0.375 e. The van der Waals surface area contributed by atoms with E-state index in [9.17, 15) is 9.59 Å². The molecule has 0 aromatic rings.